The van der Waals surface area contributed by atoms with Crippen molar-refractivity contribution in [3.8, 4) is 5.75 Å². The summed E-state index contributed by atoms with van der Waals surface area (Å²) in [7, 11) is -1.85. The fourth-order valence-corrected chi connectivity index (χ4v) is 3.52. The Morgan fingerprint density at radius 3 is 2.17 bits per heavy atom. The minimum absolute atomic E-state index is 0.319. The Morgan fingerprint density at radius 1 is 1.04 bits per heavy atom. The van der Waals surface area contributed by atoms with Gasteiger partial charge >= 0.3 is 0 Å². The normalized spacial score (nSPS) is 11.5. The van der Waals surface area contributed by atoms with Gasteiger partial charge in [0.1, 0.15) is 5.75 Å². The first-order valence-electron chi connectivity index (χ1n) is 7.56. The summed E-state index contributed by atoms with van der Waals surface area (Å²) in [5.74, 6) is 0.700. The van der Waals surface area contributed by atoms with E-state index in [1.165, 1.54) is 4.31 Å². The molecule has 0 heterocycles. The summed E-state index contributed by atoms with van der Waals surface area (Å²) in [6.07, 6.45) is 0. The number of ether oxygens (including phenoxy) is 1. The molecule has 0 unspecified atom stereocenters. The van der Waals surface area contributed by atoms with Crippen molar-refractivity contribution < 1.29 is 13.2 Å². The maximum Gasteiger partial charge on any atom is 0.237 e. The number of hydrogen-bond donors (Lipinski definition) is 0. The van der Waals surface area contributed by atoms with Gasteiger partial charge in [-0.3, -0.25) is 4.31 Å². The number of methoxy groups -OCH3 is 1. The van der Waals surface area contributed by atoms with Crippen LogP contribution in [0.2, 0.25) is 0 Å². The SMILES string of the molecule is COc1ccc(N(Cc2ccccc2C)S(=O)(=O)C(C)C)cc1. The third-order valence-corrected chi connectivity index (χ3v) is 5.98. The zero-order chi connectivity index (χ0) is 17.0. The standard InChI is InChI=1S/C18H23NO3S/c1-14(2)23(20,21)19(13-16-8-6-5-7-15(16)3)17-9-11-18(22-4)12-10-17/h5-12,14H,13H2,1-4H3. The van der Waals surface area contributed by atoms with Crippen molar-refractivity contribution in [3.63, 3.8) is 0 Å². The largest absolute Gasteiger partial charge is 0.497 e. The second-order valence-electron chi connectivity index (χ2n) is 5.72. The smallest absolute Gasteiger partial charge is 0.237 e. The van der Waals surface area contributed by atoms with Crippen molar-refractivity contribution >= 4 is 15.7 Å². The zero-order valence-electron chi connectivity index (χ0n) is 14.0. The Kier molecular flexibility index (Phi) is 5.31. The van der Waals surface area contributed by atoms with Gasteiger partial charge in [-0.15, -0.1) is 0 Å². The molecule has 23 heavy (non-hydrogen) atoms. The number of aryl methyl sites for hydroxylation is 1. The van der Waals surface area contributed by atoms with Gasteiger partial charge in [0.15, 0.2) is 0 Å². The molecule has 0 aliphatic heterocycles. The fourth-order valence-electron chi connectivity index (χ4n) is 2.27. The Labute approximate surface area is 138 Å². The predicted molar refractivity (Wildman–Crippen MR) is 94.4 cm³/mol. The molecule has 5 heteroatoms. The van der Waals surface area contributed by atoms with Crippen LogP contribution >= 0.6 is 0 Å². The minimum Gasteiger partial charge on any atom is -0.497 e. The van der Waals surface area contributed by atoms with Crippen LogP contribution in [0.4, 0.5) is 5.69 Å². The van der Waals surface area contributed by atoms with Crippen molar-refractivity contribution in [2.45, 2.75) is 32.6 Å². The second-order valence-corrected chi connectivity index (χ2v) is 8.14. The van der Waals surface area contributed by atoms with Crippen LogP contribution in [0.5, 0.6) is 5.75 Å². The molecule has 2 rings (SSSR count). The summed E-state index contributed by atoms with van der Waals surface area (Å²) in [5, 5.41) is -0.492. The summed E-state index contributed by atoms with van der Waals surface area (Å²) in [5.41, 5.74) is 2.71. The minimum atomic E-state index is -3.43. The quantitative estimate of drug-likeness (QED) is 0.809. The zero-order valence-corrected chi connectivity index (χ0v) is 14.8. The summed E-state index contributed by atoms with van der Waals surface area (Å²) in [6, 6.07) is 14.9. The molecule has 0 bridgehead atoms. The van der Waals surface area contributed by atoms with Gasteiger partial charge in [0, 0.05) is 0 Å². The van der Waals surface area contributed by atoms with Gasteiger partial charge in [-0.1, -0.05) is 24.3 Å². The number of sulfonamides is 1. The van der Waals surface area contributed by atoms with E-state index in [0.29, 0.717) is 18.0 Å². The van der Waals surface area contributed by atoms with Crippen LogP contribution < -0.4 is 9.04 Å². The van der Waals surface area contributed by atoms with Crippen LogP contribution in [-0.4, -0.2) is 20.8 Å². The van der Waals surface area contributed by atoms with E-state index in [1.54, 1.807) is 45.2 Å². The maximum absolute atomic E-state index is 12.8. The number of rotatable bonds is 6. The first-order chi connectivity index (χ1) is 10.9. The molecule has 0 aromatic heterocycles. The number of benzene rings is 2. The highest BCUT2D eigenvalue weighted by molar-refractivity contribution is 7.93. The van der Waals surface area contributed by atoms with Gasteiger partial charge in [0.25, 0.3) is 0 Å². The van der Waals surface area contributed by atoms with Crippen LogP contribution in [0, 0.1) is 6.92 Å². The van der Waals surface area contributed by atoms with Crippen LogP contribution in [0.15, 0.2) is 48.5 Å². The lowest BCUT2D eigenvalue weighted by atomic mass is 10.1. The molecule has 0 radical (unpaired) electrons. The molecular weight excluding hydrogens is 310 g/mol. The Bertz CT molecular complexity index is 752. The van der Waals surface area contributed by atoms with Gasteiger partial charge < -0.3 is 4.74 Å². The van der Waals surface area contributed by atoms with Crippen molar-refractivity contribution in [3.05, 3.63) is 59.7 Å². The van der Waals surface area contributed by atoms with E-state index < -0.39 is 15.3 Å². The van der Waals surface area contributed by atoms with Crippen molar-refractivity contribution in [2.24, 2.45) is 0 Å². The molecule has 0 aliphatic rings. The van der Waals surface area contributed by atoms with E-state index in [0.717, 1.165) is 11.1 Å². The lowest BCUT2D eigenvalue weighted by Gasteiger charge is -2.27. The average molecular weight is 333 g/mol. The third-order valence-electron chi connectivity index (χ3n) is 3.84. The molecular formula is C18H23NO3S. The first kappa shape index (κ1) is 17.3. The maximum atomic E-state index is 12.8. The average Bonchev–Trinajstić information content (AvgIpc) is 2.54. The summed E-state index contributed by atoms with van der Waals surface area (Å²) >= 11 is 0. The molecule has 2 aromatic carbocycles. The predicted octanol–water partition coefficient (Wildman–Crippen LogP) is 3.75. The van der Waals surface area contributed by atoms with Crippen molar-refractivity contribution in [1.82, 2.24) is 0 Å². The molecule has 0 saturated carbocycles. The molecule has 4 nitrogen and oxygen atoms in total. The summed E-state index contributed by atoms with van der Waals surface area (Å²) in [6.45, 7) is 5.70. The van der Waals surface area contributed by atoms with Gasteiger partial charge in [0.05, 0.1) is 24.6 Å². The number of nitrogens with zero attached hydrogens (tertiary/aromatic N) is 1. The van der Waals surface area contributed by atoms with Crippen molar-refractivity contribution in [2.75, 3.05) is 11.4 Å². The highest BCUT2D eigenvalue weighted by atomic mass is 32.2. The molecule has 0 amide bonds. The van der Waals surface area contributed by atoms with E-state index in [1.807, 2.05) is 31.2 Å². The van der Waals surface area contributed by atoms with E-state index >= 15 is 0 Å². The lowest BCUT2D eigenvalue weighted by Crippen LogP contribution is -2.36. The molecule has 0 spiro atoms. The monoisotopic (exact) mass is 333 g/mol. The van der Waals surface area contributed by atoms with Gasteiger partial charge in [-0.05, 0) is 56.2 Å². The molecule has 0 atom stereocenters. The highest BCUT2D eigenvalue weighted by Gasteiger charge is 2.26. The Balaban J connectivity index is 2.45. The topological polar surface area (TPSA) is 46.6 Å². The molecule has 0 aliphatic carbocycles. The van der Waals surface area contributed by atoms with Gasteiger partial charge in [-0.2, -0.15) is 0 Å². The third kappa shape index (κ3) is 3.85. The molecule has 0 saturated heterocycles. The molecule has 124 valence electrons. The van der Waals surface area contributed by atoms with Gasteiger partial charge in [-0.25, -0.2) is 8.42 Å². The van der Waals surface area contributed by atoms with Crippen LogP contribution in [0.3, 0.4) is 0 Å². The highest BCUT2D eigenvalue weighted by Crippen LogP contribution is 2.26. The van der Waals surface area contributed by atoms with E-state index in [-0.39, 0.29) is 0 Å². The van der Waals surface area contributed by atoms with Crippen LogP contribution in [-0.2, 0) is 16.6 Å². The van der Waals surface area contributed by atoms with Crippen LogP contribution in [0.25, 0.3) is 0 Å². The van der Waals surface area contributed by atoms with E-state index in [9.17, 15) is 8.42 Å². The number of hydrogen-bond acceptors (Lipinski definition) is 3. The fraction of sp³-hybridized carbons (Fsp3) is 0.333. The molecule has 0 N–H and O–H groups in total. The Morgan fingerprint density at radius 2 is 1.65 bits per heavy atom. The van der Waals surface area contributed by atoms with Gasteiger partial charge in [0.2, 0.25) is 10.0 Å². The van der Waals surface area contributed by atoms with E-state index in [2.05, 4.69) is 0 Å². The van der Waals surface area contributed by atoms with E-state index in [4.69, 9.17) is 4.74 Å². The first-order valence-corrected chi connectivity index (χ1v) is 9.06. The summed E-state index contributed by atoms with van der Waals surface area (Å²) in [4.78, 5) is 0. The lowest BCUT2D eigenvalue weighted by molar-refractivity contribution is 0.415. The summed E-state index contributed by atoms with van der Waals surface area (Å²) < 4.78 is 32.2. The van der Waals surface area contributed by atoms with Crippen molar-refractivity contribution in [1.29, 1.82) is 0 Å². The molecule has 0 fully saturated rings. The Hall–Kier alpha value is -2.01. The second kappa shape index (κ2) is 7.04. The van der Waals surface area contributed by atoms with Crippen LogP contribution in [0.1, 0.15) is 25.0 Å². The molecule has 2 aromatic rings. The number of anilines is 1.